The first kappa shape index (κ1) is 21.5. The molecule has 3 heterocycles. The van der Waals surface area contributed by atoms with Gasteiger partial charge in [0.15, 0.2) is 11.5 Å². The molecule has 0 bridgehead atoms. The Kier molecular flexibility index (Phi) is 6.05. The third-order valence-corrected chi connectivity index (χ3v) is 6.84. The summed E-state index contributed by atoms with van der Waals surface area (Å²) in [6.07, 6.45) is 2.32. The van der Waals surface area contributed by atoms with Crippen LogP contribution in [-0.4, -0.2) is 40.3 Å². The smallest absolute Gasteiger partial charge is 0.224 e. The van der Waals surface area contributed by atoms with Gasteiger partial charge in [0.05, 0.1) is 18.8 Å². The topological polar surface area (TPSA) is 56.6 Å². The monoisotopic (exact) mass is 461 g/mol. The zero-order valence-electron chi connectivity index (χ0n) is 18.9. The van der Waals surface area contributed by atoms with Crippen LogP contribution in [0.1, 0.15) is 24.6 Å². The second kappa shape index (κ2) is 9.27. The largest absolute Gasteiger partial charge is 0.490 e. The van der Waals surface area contributed by atoms with Crippen LogP contribution >= 0.6 is 11.3 Å². The SMILES string of the molecule is CCOc1cc(-c2csc3ccccc23)cc2c1OCCN(C(=O)CCn1ccc(C)n1)C2. The average Bonchev–Trinajstić information content (AvgIpc) is 3.37. The van der Waals surface area contributed by atoms with Gasteiger partial charge in [-0.15, -0.1) is 11.3 Å². The zero-order chi connectivity index (χ0) is 22.8. The molecule has 0 atom stereocenters. The molecule has 0 saturated carbocycles. The predicted molar refractivity (Wildman–Crippen MR) is 131 cm³/mol. The van der Waals surface area contributed by atoms with E-state index in [1.807, 2.05) is 35.7 Å². The highest BCUT2D eigenvalue weighted by Crippen LogP contribution is 2.41. The molecule has 2 aromatic carbocycles. The number of fused-ring (bicyclic) bond motifs is 2. The standard InChI is InChI=1S/C26H27N3O3S/c1-3-31-23-15-19(22-17-33-24-7-5-4-6-21(22)24)14-20-16-28(12-13-32-26(20)23)25(30)9-11-29-10-8-18(2)27-29/h4-8,10,14-15,17H,3,9,11-13,16H2,1-2H3. The van der Waals surface area contributed by atoms with E-state index < -0.39 is 0 Å². The Bertz CT molecular complexity index is 1290. The van der Waals surface area contributed by atoms with Gasteiger partial charge in [0, 0.05) is 46.9 Å². The van der Waals surface area contributed by atoms with Crippen LogP contribution in [0.2, 0.25) is 0 Å². The van der Waals surface area contributed by atoms with Crippen molar-refractivity contribution >= 4 is 27.3 Å². The van der Waals surface area contributed by atoms with Gasteiger partial charge in [-0.2, -0.15) is 5.10 Å². The number of aromatic nitrogens is 2. The number of hydrogen-bond donors (Lipinski definition) is 0. The van der Waals surface area contributed by atoms with Gasteiger partial charge < -0.3 is 14.4 Å². The maximum atomic E-state index is 13.0. The molecule has 0 N–H and O–H groups in total. The van der Waals surface area contributed by atoms with Gasteiger partial charge in [-0.3, -0.25) is 9.48 Å². The Morgan fingerprint density at radius 2 is 2.12 bits per heavy atom. The van der Waals surface area contributed by atoms with Crippen LogP contribution in [0.25, 0.3) is 21.2 Å². The normalized spacial score (nSPS) is 13.5. The molecule has 2 aromatic heterocycles. The van der Waals surface area contributed by atoms with Crippen LogP contribution in [0.4, 0.5) is 0 Å². The number of carbonyl (C=O) groups is 1. The molecular weight excluding hydrogens is 434 g/mol. The van der Waals surface area contributed by atoms with E-state index in [-0.39, 0.29) is 5.91 Å². The van der Waals surface area contributed by atoms with Gasteiger partial charge in [0.25, 0.3) is 0 Å². The van der Waals surface area contributed by atoms with Gasteiger partial charge >= 0.3 is 0 Å². The van der Waals surface area contributed by atoms with Crippen molar-refractivity contribution in [3.05, 3.63) is 65.3 Å². The van der Waals surface area contributed by atoms with E-state index >= 15 is 0 Å². The molecule has 0 saturated heterocycles. The fourth-order valence-corrected chi connectivity index (χ4v) is 5.24. The summed E-state index contributed by atoms with van der Waals surface area (Å²) in [6.45, 7) is 6.54. The number of nitrogens with zero attached hydrogens (tertiary/aromatic N) is 3. The highest BCUT2D eigenvalue weighted by atomic mass is 32.1. The molecule has 0 unspecified atom stereocenters. The molecule has 6 nitrogen and oxygen atoms in total. The van der Waals surface area contributed by atoms with Crippen LogP contribution in [-0.2, 0) is 17.9 Å². The first-order chi connectivity index (χ1) is 16.1. The highest BCUT2D eigenvalue weighted by molar-refractivity contribution is 7.17. The van der Waals surface area contributed by atoms with Gasteiger partial charge in [0.2, 0.25) is 5.91 Å². The molecule has 1 amide bonds. The summed E-state index contributed by atoms with van der Waals surface area (Å²) in [7, 11) is 0. The van der Waals surface area contributed by atoms with Crippen molar-refractivity contribution in [1.82, 2.24) is 14.7 Å². The highest BCUT2D eigenvalue weighted by Gasteiger charge is 2.24. The van der Waals surface area contributed by atoms with E-state index in [0.717, 1.165) is 28.3 Å². The fraction of sp³-hybridized carbons (Fsp3) is 0.308. The summed E-state index contributed by atoms with van der Waals surface area (Å²) in [5.41, 5.74) is 4.19. The zero-order valence-corrected chi connectivity index (χ0v) is 19.7. The second-order valence-electron chi connectivity index (χ2n) is 8.18. The Morgan fingerprint density at radius 3 is 2.94 bits per heavy atom. The number of amides is 1. The Hall–Kier alpha value is -3.32. The van der Waals surface area contributed by atoms with E-state index in [0.29, 0.717) is 39.3 Å². The quantitative estimate of drug-likeness (QED) is 0.392. The molecule has 0 radical (unpaired) electrons. The van der Waals surface area contributed by atoms with Crippen LogP contribution in [0.15, 0.2) is 54.0 Å². The number of rotatable bonds is 6. The van der Waals surface area contributed by atoms with Crippen molar-refractivity contribution in [3.63, 3.8) is 0 Å². The number of aryl methyl sites for hydroxylation is 2. The number of benzene rings is 2. The minimum Gasteiger partial charge on any atom is -0.490 e. The number of ether oxygens (including phenoxy) is 2. The predicted octanol–water partition coefficient (Wildman–Crippen LogP) is 5.28. The van der Waals surface area contributed by atoms with Crippen LogP contribution < -0.4 is 9.47 Å². The van der Waals surface area contributed by atoms with Crippen molar-refractivity contribution in [2.45, 2.75) is 33.4 Å². The van der Waals surface area contributed by atoms with Gasteiger partial charge in [0.1, 0.15) is 6.61 Å². The van der Waals surface area contributed by atoms with E-state index in [4.69, 9.17) is 9.47 Å². The van der Waals surface area contributed by atoms with Gasteiger partial charge in [-0.1, -0.05) is 18.2 Å². The summed E-state index contributed by atoms with van der Waals surface area (Å²) >= 11 is 1.74. The lowest BCUT2D eigenvalue weighted by molar-refractivity contribution is -0.132. The lowest BCUT2D eigenvalue weighted by atomic mass is 10.0. The number of hydrogen-bond acceptors (Lipinski definition) is 5. The minimum absolute atomic E-state index is 0.101. The molecular formula is C26H27N3O3S. The third-order valence-electron chi connectivity index (χ3n) is 5.87. The summed E-state index contributed by atoms with van der Waals surface area (Å²) in [4.78, 5) is 14.9. The maximum absolute atomic E-state index is 13.0. The summed E-state index contributed by atoms with van der Waals surface area (Å²) < 4.78 is 15.2. The maximum Gasteiger partial charge on any atom is 0.224 e. The molecule has 5 rings (SSSR count). The third kappa shape index (κ3) is 4.46. The van der Waals surface area contributed by atoms with E-state index in [1.165, 1.54) is 15.6 Å². The molecule has 170 valence electrons. The molecule has 4 aromatic rings. The Labute approximate surface area is 197 Å². The lowest BCUT2D eigenvalue weighted by Gasteiger charge is -2.20. The van der Waals surface area contributed by atoms with Crippen molar-refractivity contribution < 1.29 is 14.3 Å². The Morgan fingerprint density at radius 1 is 1.24 bits per heavy atom. The van der Waals surface area contributed by atoms with Crippen molar-refractivity contribution in [2.24, 2.45) is 0 Å². The lowest BCUT2D eigenvalue weighted by Crippen LogP contribution is -2.33. The molecule has 0 spiro atoms. The van der Waals surface area contributed by atoms with Crippen LogP contribution in [0, 0.1) is 6.92 Å². The van der Waals surface area contributed by atoms with E-state index in [1.54, 1.807) is 11.3 Å². The minimum atomic E-state index is 0.101. The molecule has 0 fully saturated rings. The van der Waals surface area contributed by atoms with Gasteiger partial charge in [-0.25, -0.2) is 0 Å². The summed E-state index contributed by atoms with van der Waals surface area (Å²) in [6, 6.07) is 14.6. The van der Waals surface area contributed by atoms with E-state index in [9.17, 15) is 4.79 Å². The fourth-order valence-electron chi connectivity index (χ4n) is 4.27. The molecule has 0 aliphatic carbocycles. The Balaban J connectivity index is 1.45. The van der Waals surface area contributed by atoms with Crippen LogP contribution in [0.3, 0.4) is 0 Å². The van der Waals surface area contributed by atoms with Crippen molar-refractivity contribution in [3.8, 4) is 22.6 Å². The van der Waals surface area contributed by atoms with Gasteiger partial charge in [-0.05, 0) is 49.1 Å². The number of thiophene rings is 1. The molecule has 1 aliphatic rings. The van der Waals surface area contributed by atoms with Crippen LogP contribution in [0.5, 0.6) is 11.5 Å². The summed E-state index contributed by atoms with van der Waals surface area (Å²) in [5, 5.41) is 7.80. The molecule has 33 heavy (non-hydrogen) atoms. The summed E-state index contributed by atoms with van der Waals surface area (Å²) in [5.74, 6) is 1.59. The molecule has 7 heteroatoms. The first-order valence-corrected chi connectivity index (χ1v) is 12.2. The second-order valence-corrected chi connectivity index (χ2v) is 9.09. The average molecular weight is 462 g/mol. The number of carbonyl (C=O) groups excluding carboxylic acids is 1. The van der Waals surface area contributed by atoms with Crippen molar-refractivity contribution in [2.75, 3.05) is 19.8 Å². The molecule has 1 aliphatic heterocycles. The van der Waals surface area contributed by atoms with Crippen molar-refractivity contribution in [1.29, 1.82) is 0 Å². The first-order valence-electron chi connectivity index (χ1n) is 11.3. The van der Waals surface area contributed by atoms with E-state index in [2.05, 4.69) is 46.9 Å².